The highest BCUT2D eigenvalue weighted by Crippen LogP contribution is 2.36. The van der Waals surface area contributed by atoms with Crippen LogP contribution in [0.2, 0.25) is 0 Å². The van der Waals surface area contributed by atoms with Crippen molar-refractivity contribution in [2.75, 3.05) is 38.7 Å². The third-order valence-electron chi connectivity index (χ3n) is 5.66. The normalized spacial score (nSPS) is 18.7. The second kappa shape index (κ2) is 9.28. The molecule has 2 aromatic rings. The van der Waals surface area contributed by atoms with Gasteiger partial charge in [-0.2, -0.15) is 0 Å². The molecule has 0 aromatic heterocycles. The Morgan fingerprint density at radius 2 is 1.77 bits per heavy atom. The zero-order valence-corrected chi connectivity index (χ0v) is 17.9. The lowest BCUT2D eigenvalue weighted by atomic mass is 9.75. The molecule has 2 aromatic carbocycles. The number of amides is 1. The molecule has 0 unspecified atom stereocenters. The lowest BCUT2D eigenvalue weighted by molar-refractivity contribution is -0.158. The van der Waals surface area contributed by atoms with Crippen molar-refractivity contribution in [2.45, 2.75) is 26.2 Å². The molecule has 0 saturated carbocycles. The van der Waals surface area contributed by atoms with Crippen molar-refractivity contribution in [3.63, 3.8) is 0 Å². The van der Waals surface area contributed by atoms with E-state index in [1.807, 2.05) is 43.3 Å². The van der Waals surface area contributed by atoms with Gasteiger partial charge in [0.2, 0.25) is 0 Å². The van der Waals surface area contributed by atoms with Crippen LogP contribution in [0.25, 0.3) is 0 Å². The topological polar surface area (TPSA) is 49.9 Å². The van der Waals surface area contributed by atoms with Crippen molar-refractivity contribution in [1.82, 2.24) is 4.90 Å². The first-order valence-corrected chi connectivity index (χ1v) is 10.3. The third kappa shape index (κ3) is 4.81. The summed E-state index contributed by atoms with van der Waals surface area (Å²) < 4.78 is 18.7. The van der Waals surface area contributed by atoms with Crippen molar-refractivity contribution in [3.8, 4) is 0 Å². The number of nitrogens with zero attached hydrogens (tertiary/aromatic N) is 2. The number of hydrogen-bond acceptors (Lipinski definition) is 4. The Kier molecular flexibility index (Phi) is 6.75. The highest BCUT2D eigenvalue weighted by atomic mass is 19.1. The van der Waals surface area contributed by atoms with Crippen molar-refractivity contribution in [1.29, 1.82) is 0 Å². The van der Waals surface area contributed by atoms with E-state index in [1.165, 1.54) is 12.1 Å². The summed E-state index contributed by atoms with van der Waals surface area (Å²) in [5.74, 6) is -0.701. The molecule has 1 fully saturated rings. The number of benzene rings is 2. The molecule has 1 saturated heterocycles. The Morgan fingerprint density at radius 1 is 1.10 bits per heavy atom. The zero-order chi connectivity index (χ0) is 21.7. The van der Waals surface area contributed by atoms with Gasteiger partial charge in [-0.3, -0.25) is 9.59 Å². The standard InChI is InChI=1S/C24H29FN2O3/c1-4-30-23(29)24(16-18-6-10-20(25)11-7-18)14-5-15-27(17-24)22(28)19-8-12-21(13-9-19)26(2)3/h6-13H,4-5,14-17H2,1-3H3/t24-/m1/s1. The molecule has 5 nitrogen and oxygen atoms in total. The van der Waals surface area contributed by atoms with Crippen LogP contribution in [-0.2, 0) is 16.0 Å². The Hall–Kier alpha value is -2.89. The van der Waals surface area contributed by atoms with Gasteiger partial charge >= 0.3 is 5.97 Å². The van der Waals surface area contributed by atoms with Gasteiger partial charge in [-0.1, -0.05) is 12.1 Å². The van der Waals surface area contributed by atoms with Gasteiger partial charge in [-0.05, 0) is 68.1 Å². The molecule has 30 heavy (non-hydrogen) atoms. The van der Waals surface area contributed by atoms with Crippen LogP contribution in [-0.4, -0.2) is 50.6 Å². The maximum Gasteiger partial charge on any atom is 0.314 e. The summed E-state index contributed by atoms with van der Waals surface area (Å²) in [7, 11) is 3.90. The largest absolute Gasteiger partial charge is 0.466 e. The minimum absolute atomic E-state index is 0.0900. The molecule has 160 valence electrons. The van der Waals surface area contributed by atoms with Gasteiger partial charge in [-0.25, -0.2) is 4.39 Å². The molecular weight excluding hydrogens is 383 g/mol. The van der Waals surface area contributed by atoms with Crippen molar-refractivity contribution >= 4 is 17.6 Å². The fourth-order valence-corrected chi connectivity index (χ4v) is 4.05. The molecular formula is C24H29FN2O3. The Morgan fingerprint density at radius 3 is 2.37 bits per heavy atom. The summed E-state index contributed by atoms with van der Waals surface area (Å²) in [5, 5.41) is 0. The molecule has 1 amide bonds. The molecule has 0 spiro atoms. The first-order chi connectivity index (χ1) is 14.3. The van der Waals surface area contributed by atoms with Crippen LogP contribution < -0.4 is 4.90 Å². The third-order valence-corrected chi connectivity index (χ3v) is 5.66. The Labute approximate surface area is 177 Å². The molecule has 3 rings (SSSR count). The van der Waals surface area contributed by atoms with Crippen LogP contribution in [0.5, 0.6) is 0 Å². The lowest BCUT2D eigenvalue weighted by Gasteiger charge is -2.41. The predicted molar refractivity (Wildman–Crippen MR) is 115 cm³/mol. The maximum atomic E-state index is 13.3. The summed E-state index contributed by atoms with van der Waals surface area (Å²) >= 11 is 0. The number of carbonyl (C=O) groups is 2. The number of ether oxygens (including phenoxy) is 1. The number of carbonyl (C=O) groups excluding carboxylic acids is 2. The number of piperidine rings is 1. The Balaban J connectivity index is 1.84. The summed E-state index contributed by atoms with van der Waals surface area (Å²) in [6, 6.07) is 13.6. The van der Waals surface area contributed by atoms with Gasteiger partial charge in [0.15, 0.2) is 0 Å². The molecule has 0 bridgehead atoms. The molecule has 0 N–H and O–H groups in total. The minimum atomic E-state index is -0.828. The van der Waals surface area contributed by atoms with E-state index in [1.54, 1.807) is 24.0 Å². The molecule has 1 aliphatic rings. The summed E-state index contributed by atoms with van der Waals surface area (Å²) in [4.78, 5) is 29.9. The van der Waals surface area contributed by atoms with Gasteiger partial charge in [0.1, 0.15) is 5.82 Å². The van der Waals surface area contributed by atoms with E-state index in [0.717, 1.165) is 11.3 Å². The molecule has 1 atom stereocenters. The van der Waals surface area contributed by atoms with Gasteiger partial charge in [-0.15, -0.1) is 0 Å². The zero-order valence-electron chi connectivity index (χ0n) is 17.9. The van der Waals surface area contributed by atoms with Crippen LogP contribution in [0, 0.1) is 11.2 Å². The van der Waals surface area contributed by atoms with E-state index < -0.39 is 5.41 Å². The predicted octanol–water partition coefficient (Wildman–Crippen LogP) is 3.92. The smallest absolute Gasteiger partial charge is 0.314 e. The number of likely N-dealkylation sites (tertiary alicyclic amines) is 1. The van der Waals surface area contributed by atoms with Crippen LogP contribution in [0.1, 0.15) is 35.7 Å². The fourth-order valence-electron chi connectivity index (χ4n) is 4.05. The summed E-state index contributed by atoms with van der Waals surface area (Å²) in [6.45, 7) is 2.95. The molecule has 1 aliphatic heterocycles. The molecule has 6 heteroatoms. The monoisotopic (exact) mass is 412 g/mol. The molecule has 0 aliphatic carbocycles. The average Bonchev–Trinajstić information content (AvgIpc) is 2.75. The van der Waals surface area contributed by atoms with E-state index in [9.17, 15) is 14.0 Å². The van der Waals surface area contributed by atoms with E-state index in [2.05, 4.69) is 0 Å². The van der Waals surface area contributed by atoms with Crippen LogP contribution >= 0.6 is 0 Å². The first kappa shape index (κ1) is 21.8. The number of hydrogen-bond donors (Lipinski definition) is 0. The SMILES string of the molecule is CCOC(=O)[C@@]1(Cc2ccc(F)cc2)CCCN(C(=O)c2ccc(N(C)C)cc2)C1. The highest BCUT2D eigenvalue weighted by molar-refractivity contribution is 5.95. The second-order valence-electron chi connectivity index (χ2n) is 8.08. The Bertz CT molecular complexity index is 880. The lowest BCUT2D eigenvalue weighted by Crippen LogP contribution is -2.51. The first-order valence-electron chi connectivity index (χ1n) is 10.3. The van der Waals surface area contributed by atoms with E-state index in [0.29, 0.717) is 31.4 Å². The maximum absolute atomic E-state index is 13.3. The van der Waals surface area contributed by atoms with Crippen molar-refractivity contribution in [3.05, 3.63) is 65.5 Å². The fraction of sp³-hybridized carbons (Fsp3) is 0.417. The van der Waals surface area contributed by atoms with Gasteiger partial charge in [0.05, 0.1) is 12.0 Å². The molecule has 0 radical (unpaired) electrons. The highest BCUT2D eigenvalue weighted by Gasteiger charge is 2.44. The second-order valence-corrected chi connectivity index (χ2v) is 8.08. The number of anilines is 1. The van der Waals surface area contributed by atoms with Crippen LogP contribution in [0.3, 0.4) is 0 Å². The quantitative estimate of drug-likeness (QED) is 0.675. The summed E-state index contributed by atoms with van der Waals surface area (Å²) in [5.41, 5.74) is 1.64. The summed E-state index contributed by atoms with van der Waals surface area (Å²) in [6.07, 6.45) is 1.75. The van der Waals surface area contributed by atoms with Gasteiger partial charge in [0, 0.05) is 38.4 Å². The van der Waals surface area contributed by atoms with Gasteiger partial charge < -0.3 is 14.5 Å². The van der Waals surface area contributed by atoms with Gasteiger partial charge in [0.25, 0.3) is 5.91 Å². The van der Waals surface area contributed by atoms with Crippen LogP contribution in [0.15, 0.2) is 48.5 Å². The molecule has 1 heterocycles. The number of esters is 1. The number of halogens is 1. The van der Waals surface area contributed by atoms with E-state index in [4.69, 9.17) is 4.74 Å². The van der Waals surface area contributed by atoms with Crippen molar-refractivity contribution < 1.29 is 18.7 Å². The van der Waals surface area contributed by atoms with Crippen molar-refractivity contribution in [2.24, 2.45) is 5.41 Å². The average molecular weight is 413 g/mol. The van der Waals surface area contributed by atoms with Crippen LogP contribution in [0.4, 0.5) is 10.1 Å². The minimum Gasteiger partial charge on any atom is -0.466 e. The van der Waals surface area contributed by atoms with E-state index in [-0.39, 0.29) is 30.8 Å². The van der Waals surface area contributed by atoms with E-state index >= 15 is 0 Å². The number of rotatable bonds is 6.